The zero-order valence-electron chi connectivity index (χ0n) is 14.6. The summed E-state index contributed by atoms with van der Waals surface area (Å²) in [5.41, 5.74) is 2.18. The van der Waals surface area contributed by atoms with Crippen molar-refractivity contribution in [3.63, 3.8) is 0 Å². The predicted octanol–water partition coefficient (Wildman–Crippen LogP) is 4.62. The minimum atomic E-state index is -3.65. The first kappa shape index (κ1) is 18.7. The summed E-state index contributed by atoms with van der Waals surface area (Å²) in [7, 11) is -3.65. The average molecular weight is 434 g/mol. The molecule has 0 saturated heterocycles. The maximum Gasteiger partial charge on any atom is 0.263 e. The van der Waals surface area contributed by atoms with Crippen LogP contribution in [0.5, 0.6) is 0 Å². The molecule has 136 valence electrons. The van der Waals surface area contributed by atoms with Crippen LogP contribution in [0.1, 0.15) is 30.9 Å². The van der Waals surface area contributed by atoms with Crippen molar-refractivity contribution in [3.8, 4) is 0 Å². The van der Waals surface area contributed by atoms with E-state index in [1.807, 2.05) is 36.4 Å². The number of nitrogens with zero attached hydrogens (tertiary/aromatic N) is 2. The highest BCUT2D eigenvalue weighted by Gasteiger charge is 2.16. The Morgan fingerprint density at radius 1 is 1.04 bits per heavy atom. The second-order valence-corrected chi connectivity index (χ2v) is 8.95. The number of sulfonamides is 1. The highest BCUT2D eigenvalue weighted by molar-refractivity contribution is 9.10. The van der Waals surface area contributed by atoms with Gasteiger partial charge >= 0.3 is 0 Å². The molecule has 1 N–H and O–H groups in total. The van der Waals surface area contributed by atoms with Crippen LogP contribution in [0.2, 0.25) is 0 Å². The maximum absolute atomic E-state index is 12.5. The van der Waals surface area contributed by atoms with Gasteiger partial charge in [-0.25, -0.2) is 8.42 Å². The number of anilines is 1. The third-order valence-electron chi connectivity index (χ3n) is 3.99. The van der Waals surface area contributed by atoms with Crippen molar-refractivity contribution < 1.29 is 8.42 Å². The Balaban J connectivity index is 1.72. The molecule has 0 aliphatic heterocycles. The van der Waals surface area contributed by atoms with Gasteiger partial charge in [0.2, 0.25) is 0 Å². The number of aromatic nitrogens is 2. The van der Waals surface area contributed by atoms with E-state index in [1.54, 1.807) is 29.1 Å². The van der Waals surface area contributed by atoms with Crippen molar-refractivity contribution in [2.24, 2.45) is 0 Å². The molecule has 0 atom stereocenters. The van der Waals surface area contributed by atoms with E-state index < -0.39 is 10.0 Å². The molecule has 2 aromatic carbocycles. The summed E-state index contributed by atoms with van der Waals surface area (Å²) in [6, 6.07) is 16.5. The lowest BCUT2D eigenvalue weighted by Crippen LogP contribution is -2.14. The Hall–Kier alpha value is -2.12. The Morgan fingerprint density at radius 2 is 1.69 bits per heavy atom. The van der Waals surface area contributed by atoms with Crippen LogP contribution in [0, 0.1) is 0 Å². The SMILES string of the molecule is CC(C)c1ccc(S(=O)(=O)Nc2ccn(Cc3ccc(Br)cc3)n2)cc1. The molecule has 26 heavy (non-hydrogen) atoms. The van der Waals surface area contributed by atoms with E-state index in [-0.39, 0.29) is 4.90 Å². The van der Waals surface area contributed by atoms with Gasteiger partial charge in [0, 0.05) is 16.7 Å². The third-order valence-corrected chi connectivity index (χ3v) is 5.89. The lowest BCUT2D eigenvalue weighted by atomic mass is 10.0. The molecule has 0 aliphatic carbocycles. The van der Waals surface area contributed by atoms with E-state index in [9.17, 15) is 8.42 Å². The first-order valence-electron chi connectivity index (χ1n) is 8.24. The number of rotatable bonds is 6. The normalized spacial score (nSPS) is 11.7. The molecule has 0 unspecified atom stereocenters. The van der Waals surface area contributed by atoms with E-state index in [0.717, 1.165) is 15.6 Å². The lowest BCUT2D eigenvalue weighted by Gasteiger charge is -2.08. The van der Waals surface area contributed by atoms with Crippen LogP contribution in [-0.4, -0.2) is 18.2 Å². The van der Waals surface area contributed by atoms with Crippen molar-refractivity contribution in [1.82, 2.24) is 9.78 Å². The summed E-state index contributed by atoms with van der Waals surface area (Å²) in [4.78, 5) is 0.226. The van der Waals surface area contributed by atoms with Gasteiger partial charge in [-0.1, -0.05) is 54.0 Å². The van der Waals surface area contributed by atoms with Crippen LogP contribution in [0.4, 0.5) is 5.82 Å². The molecule has 0 saturated carbocycles. The number of nitrogens with one attached hydrogen (secondary N) is 1. The van der Waals surface area contributed by atoms with Crippen LogP contribution in [0.15, 0.2) is 70.2 Å². The summed E-state index contributed by atoms with van der Waals surface area (Å²) in [6.07, 6.45) is 1.75. The van der Waals surface area contributed by atoms with Gasteiger partial charge in [-0.15, -0.1) is 0 Å². The molecular weight excluding hydrogens is 414 g/mol. The fourth-order valence-electron chi connectivity index (χ4n) is 2.51. The third kappa shape index (κ3) is 4.53. The van der Waals surface area contributed by atoms with Gasteiger partial charge in [0.1, 0.15) is 0 Å². The average Bonchev–Trinajstić information content (AvgIpc) is 3.03. The highest BCUT2D eigenvalue weighted by Crippen LogP contribution is 2.19. The largest absolute Gasteiger partial charge is 0.266 e. The second-order valence-electron chi connectivity index (χ2n) is 6.35. The van der Waals surface area contributed by atoms with E-state index in [2.05, 4.69) is 39.6 Å². The van der Waals surface area contributed by atoms with E-state index in [4.69, 9.17) is 0 Å². The minimum Gasteiger partial charge on any atom is -0.266 e. The molecule has 0 bridgehead atoms. The molecule has 0 amide bonds. The fourth-order valence-corrected chi connectivity index (χ4v) is 3.77. The van der Waals surface area contributed by atoms with Crippen LogP contribution in [0.3, 0.4) is 0 Å². The van der Waals surface area contributed by atoms with Crippen molar-refractivity contribution in [3.05, 3.63) is 76.4 Å². The number of hydrogen-bond acceptors (Lipinski definition) is 3. The van der Waals surface area contributed by atoms with Gasteiger partial charge in [0.05, 0.1) is 11.4 Å². The van der Waals surface area contributed by atoms with Crippen LogP contribution in [-0.2, 0) is 16.6 Å². The Bertz CT molecular complexity index is 978. The van der Waals surface area contributed by atoms with Gasteiger partial charge in [-0.3, -0.25) is 9.40 Å². The Kier molecular flexibility index (Phi) is 5.48. The molecule has 0 radical (unpaired) electrons. The number of halogens is 1. The standard InChI is InChI=1S/C19H20BrN3O2S/c1-14(2)16-5-9-18(10-6-16)26(24,25)22-19-11-12-23(21-19)13-15-3-7-17(20)8-4-15/h3-12,14H,13H2,1-2H3,(H,21,22). The molecule has 1 aromatic heterocycles. The van der Waals surface area contributed by atoms with Crippen molar-refractivity contribution in [2.45, 2.75) is 31.2 Å². The Morgan fingerprint density at radius 3 is 2.31 bits per heavy atom. The minimum absolute atomic E-state index is 0.226. The first-order chi connectivity index (χ1) is 12.3. The van der Waals surface area contributed by atoms with Crippen LogP contribution in [0.25, 0.3) is 0 Å². The second kappa shape index (κ2) is 7.63. The van der Waals surface area contributed by atoms with Gasteiger partial charge in [0.25, 0.3) is 10.0 Å². The van der Waals surface area contributed by atoms with Crippen molar-refractivity contribution >= 4 is 31.8 Å². The molecule has 0 aliphatic rings. The molecule has 1 heterocycles. The highest BCUT2D eigenvalue weighted by atomic mass is 79.9. The summed E-state index contributed by atoms with van der Waals surface area (Å²) in [5, 5.41) is 4.30. The Labute approximate surface area is 162 Å². The zero-order chi connectivity index (χ0) is 18.7. The number of benzene rings is 2. The zero-order valence-corrected chi connectivity index (χ0v) is 17.0. The van der Waals surface area contributed by atoms with Gasteiger partial charge in [-0.2, -0.15) is 5.10 Å². The topological polar surface area (TPSA) is 64.0 Å². The molecule has 7 heteroatoms. The molecule has 0 spiro atoms. The fraction of sp³-hybridized carbons (Fsp3) is 0.211. The molecule has 0 fully saturated rings. The number of hydrogen-bond donors (Lipinski definition) is 1. The summed E-state index contributed by atoms with van der Waals surface area (Å²) < 4.78 is 30.3. The van der Waals surface area contributed by atoms with Crippen molar-refractivity contribution in [1.29, 1.82) is 0 Å². The van der Waals surface area contributed by atoms with E-state index in [0.29, 0.717) is 18.3 Å². The maximum atomic E-state index is 12.5. The smallest absolute Gasteiger partial charge is 0.263 e. The summed E-state index contributed by atoms with van der Waals surface area (Å²) >= 11 is 3.40. The quantitative estimate of drug-likeness (QED) is 0.616. The molecule has 3 rings (SSSR count). The monoisotopic (exact) mass is 433 g/mol. The molecular formula is C19H20BrN3O2S. The van der Waals surface area contributed by atoms with Gasteiger partial charge < -0.3 is 0 Å². The van der Waals surface area contributed by atoms with E-state index in [1.165, 1.54) is 0 Å². The first-order valence-corrected chi connectivity index (χ1v) is 10.5. The van der Waals surface area contributed by atoms with Crippen molar-refractivity contribution in [2.75, 3.05) is 4.72 Å². The van der Waals surface area contributed by atoms with Gasteiger partial charge in [0.15, 0.2) is 5.82 Å². The summed E-state index contributed by atoms with van der Waals surface area (Å²) in [6.45, 7) is 4.71. The summed E-state index contributed by atoms with van der Waals surface area (Å²) in [5.74, 6) is 0.657. The van der Waals surface area contributed by atoms with Gasteiger partial charge in [-0.05, 0) is 41.3 Å². The van der Waals surface area contributed by atoms with Crippen LogP contribution < -0.4 is 4.72 Å². The molecule has 3 aromatic rings. The molecule has 5 nitrogen and oxygen atoms in total. The van der Waals surface area contributed by atoms with Crippen LogP contribution >= 0.6 is 15.9 Å². The predicted molar refractivity (Wildman–Crippen MR) is 107 cm³/mol. The van der Waals surface area contributed by atoms with E-state index >= 15 is 0 Å². The lowest BCUT2D eigenvalue weighted by molar-refractivity contribution is 0.600.